The van der Waals surface area contributed by atoms with E-state index in [-0.39, 0.29) is 18.1 Å². The van der Waals surface area contributed by atoms with Crippen LogP contribution in [0, 0.1) is 0 Å². The predicted octanol–water partition coefficient (Wildman–Crippen LogP) is 3.43. The van der Waals surface area contributed by atoms with Crippen molar-refractivity contribution >= 4 is 10.0 Å². The number of hydrogen-bond acceptors (Lipinski definition) is 4. The number of nitrogens with one attached hydrogen (secondary N) is 1. The molecule has 0 aromatic heterocycles. The van der Waals surface area contributed by atoms with Gasteiger partial charge in [0, 0.05) is 13.6 Å². The molecule has 0 unspecified atom stereocenters. The smallest absolute Gasteiger partial charge is 0.218 e. The molecule has 0 saturated carbocycles. The molecule has 0 bridgehead atoms. The van der Waals surface area contributed by atoms with Crippen molar-refractivity contribution in [3.05, 3.63) is 71.3 Å². The zero-order chi connectivity index (χ0) is 20.4. The Kier molecular flexibility index (Phi) is 6.25. The molecule has 3 rings (SSSR count). The van der Waals surface area contributed by atoms with Gasteiger partial charge in [0.05, 0.1) is 12.6 Å². The molecule has 0 amide bonds. The van der Waals surface area contributed by atoms with Crippen molar-refractivity contribution in [1.29, 1.82) is 0 Å². The maximum absolute atomic E-state index is 13.0. The third kappa shape index (κ3) is 4.81. The quantitative estimate of drug-likeness (QED) is 0.804. The highest BCUT2D eigenvalue weighted by atomic mass is 32.2. The average Bonchev–Trinajstić information content (AvgIpc) is 3.04. The highest BCUT2D eigenvalue weighted by molar-refractivity contribution is 7.90. The Morgan fingerprint density at radius 1 is 1.07 bits per heavy atom. The van der Waals surface area contributed by atoms with Gasteiger partial charge in [-0.15, -0.1) is 0 Å². The maximum Gasteiger partial charge on any atom is 0.218 e. The topological polar surface area (TPSA) is 58.6 Å². The predicted molar refractivity (Wildman–Crippen MR) is 112 cm³/mol. The monoisotopic (exact) mass is 402 g/mol. The third-order valence-electron chi connectivity index (χ3n) is 5.26. The first-order valence-corrected chi connectivity index (χ1v) is 11.2. The van der Waals surface area contributed by atoms with Gasteiger partial charge >= 0.3 is 0 Å². The number of rotatable bonds is 6. The fourth-order valence-electron chi connectivity index (χ4n) is 3.55. The van der Waals surface area contributed by atoms with Crippen LogP contribution in [0.15, 0.2) is 54.6 Å². The summed E-state index contributed by atoms with van der Waals surface area (Å²) in [6.45, 7) is 7.02. The molecule has 1 fully saturated rings. The average molecular weight is 403 g/mol. The third-order valence-corrected chi connectivity index (χ3v) is 7.06. The standard InChI is InChI=1S/C22H30N2O3S/c1-22(2,3)19-12-10-18(11-13-19)21-20(16-27-24(21)4)28(25,26)23-15-14-17-8-6-5-7-9-17/h5-13,20-21,23H,14-16H2,1-4H3/t20-,21-/m0/s1. The normalized spacial score (nSPS) is 21.1. The molecular formula is C22H30N2O3S. The van der Waals surface area contributed by atoms with Crippen LogP contribution in [0.2, 0.25) is 0 Å². The van der Waals surface area contributed by atoms with Crippen molar-refractivity contribution in [1.82, 2.24) is 9.79 Å². The molecule has 0 spiro atoms. The summed E-state index contributed by atoms with van der Waals surface area (Å²) in [5.74, 6) is 0. The van der Waals surface area contributed by atoms with Crippen molar-refractivity contribution in [3.63, 3.8) is 0 Å². The van der Waals surface area contributed by atoms with Gasteiger partial charge < -0.3 is 0 Å². The largest absolute Gasteiger partial charge is 0.297 e. The van der Waals surface area contributed by atoms with Gasteiger partial charge in [0.15, 0.2) is 0 Å². The van der Waals surface area contributed by atoms with Gasteiger partial charge in [0.2, 0.25) is 10.0 Å². The van der Waals surface area contributed by atoms with E-state index in [2.05, 4.69) is 37.6 Å². The summed E-state index contributed by atoms with van der Waals surface area (Å²) in [7, 11) is -1.72. The molecule has 1 N–H and O–H groups in total. The van der Waals surface area contributed by atoms with Crippen molar-refractivity contribution < 1.29 is 13.3 Å². The Morgan fingerprint density at radius 2 is 1.71 bits per heavy atom. The minimum Gasteiger partial charge on any atom is -0.297 e. The van der Waals surface area contributed by atoms with E-state index >= 15 is 0 Å². The van der Waals surface area contributed by atoms with Crippen LogP contribution in [-0.4, -0.2) is 38.9 Å². The number of hydrogen-bond donors (Lipinski definition) is 1. The molecule has 28 heavy (non-hydrogen) atoms. The number of benzene rings is 2. The van der Waals surface area contributed by atoms with E-state index in [9.17, 15) is 8.42 Å². The second kappa shape index (κ2) is 8.33. The molecule has 152 valence electrons. The van der Waals surface area contributed by atoms with Gasteiger partial charge in [-0.2, -0.15) is 5.06 Å². The molecule has 1 saturated heterocycles. The summed E-state index contributed by atoms with van der Waals surface area (Å²) >= 11 is 0. The van der Waals surface area contributed by atoms with Crippen molar-refractivity contribution in [2.75, 3.05) is 20.2 Å². The van der Waals surface area contributed by atoms with Crippen molar-refractivity contribution in [3.8, 4) is 0 Å². The SMILES string of the molecule is CN1OC[C@H](S(=O)(=O)NCCc2ccccc2)[C@@H]1c1ccc(C(C)(C)C)cc1. The fraction of sp³-hybridized carbons (Fsp3) is 0.455. The lowest BCUT2D eigenvalue weighted by Crippen LogP contribution is -2.40. The molecule has 1 aliphatic rings. The molecule has 6 heteroatoms. The van der Waals surface area contributed by atoms with Crippen LogP contribution in [-0.2, 0) is 26.7 Å². The number of hydroxylamine groups is 2. The Labute approximate surface area is 168 Å². The van der Waals surface area contributed by atoms with Crippen LogP contribution in [0.25, 0.3) is 0 Å². The van der Waals surface area contributed by atoms with E-state index in [0.29, 0.717) is 13.0 Å². The maximum atomic E-state index is 13.0. The lowest BCUT2D eigenvalue weighted by atomic mass is 9.86. The first kappa shape index (κ1) is 21.0. The van der Waals surface area contributed by atoms with Crippen LogP contribution in [0.5, 0.6) is 0 Å². The lowest BCUT2D eigenvalue weighted by Gasteiger charge is -2.25. The van der Waals surface area contributed by atoms with E-state index in [4.69, 9.17) is 4.84 Å². The van der Waals surface area contributed by atoms with Gasteiger partial charge in [0.25, 0.3) is 0 Å². The molecule has 5 nitrogen and oxygen atoms in total. The highest BCUT2D eigenvalue weighted by Crippen LogP contribution is 2.34. The van der Waals surface area contributed by atoms with Crippen LogP contribution < -0.4 is 4.72 Å². The van der Waals surface area contributed by atoms with Gasteiger partial charge in [0.1, 0.15) is 5.25 Å². The van der Waals surface area contributed by atoms with Gasteiger partial charge in [-0.25, -0.2) is 13.1 Å². The van der Waals surface area contributed by atoms with E-state index in [0.717, 1.165) is 11.1 Å². The molecule has 1 aliphatic heterocycles. The zero-order valence-corrected chi connectivity index (χ0v) is 17.9. The summed E-state index contributed by atoms with van der Waals surface area (Å²) < 4.78 is 28.7. The minimum atomic E-state index is -3.52. The number of sulfonamides is 1. The molecular weight excluding hydrogens is 372 g/mol. The summed E-state index contributed by atoms with van der Waals surface area (Å²) in [6, 6.07) is 17.7. The summed E-state index contributed by atoms with van der Waals surface area (Å²) in [4.78, 5) is 5.60. The lowest BCUT2D eigenvalue weighted by molar-refractivity contribution is -0.110. The zero-order valence-electron chi connectivity index (χ0n) is 17.1. The number of nitrogens with zero attached hydrogens (tertiary/aromatic N) is 1. The van der Waals surface area contributed by atoms with Gasteiger partial charge in [-0.05, 0) is 28.5 Å². The van der Waals surface area contributed by atoms with Gasteiger partial charge in [-0.1, -0.05) is 75.4 Å². The van der Waals surface area contributed by atoms with Crippen LogP contribution in [0.3, 0.4) is 0 Å². The van der Waals surface area contributed by atoms with Crippen molar-refractivity contribution in [2.45, 2.75) is 43.9 Å². The minimum absolute atomic E-state index is 0.0566. The first-order valence-electron chi connectivity index (χ1n) is 9.67. The van der Waals surface area contributed by atoms with Crippen molar-refractivity contribution in [2.24, 2.45) is 0 Å². The summed E-state index contributed by atoms with van der Waals surface area (Å²) in [5, 5.41) is 1.02. The Hall–Kier alpha value is -1.73. The van der Waals surface area contributed by atoms with Gasteiger partial charge in [-0.3, -0.25) is 4.84 Å². The first-order chi connectivity index (χ1) is 13.2. The fourth-order valence-corrected chi connectivity index (χ4v) is 5.06. The Morgan fingerprint density at radius 3 is 2.32 bits per heavy atom. The second-order valence-corrected chi connectivity index (χ2v) is 10.4. The van der Waals surface area contributed by atoms with E-state index in [1.165, 1.54) is 5.56 Å². The molecule has 2 atom stereocenters. The van der Waals surface area contributed by atoms with Crippen LogP contribution in [0.4, 0.5) is 0 Å². The Balaban J connectivity index is 1.72. The summed E-state index contributed by atoms with van der Waals surface area (Å²) in [5.41, 5.74) is 3.34. The molecule has 2 aromatic rings. The molecule has 2 aromatic carbocycles. The van der Waals surface area contributed by atoms with E-state index in [1.807, 2.05) is 42.5 Å². The molecule has 0 aliphatic carbocycles. The van der Waals surface area contributed by atoms with Crippen LogP contribution >= 0.6 is 0 Å². The molecule has 1 heterocycles. The van der Waals surface area contributed by atoms with Crippen LogP contribution in [0.1, 0.15) is 43.5 Å². The second-order valence-electron chi connectivity index (χ2n) is 8.37. The molecule has 0 radical (unpaired) electrons. The van der Waals surface area contributed by atoms with E-state index < -0.39 is 15.3 Å². The Bertz CT molecular complexity index is 874. The summed E-state index contributed by atoms with van der Waals surface area (Å²) in [6.07, 6.45) is 0.661. The van der Waals surface area contributed by atoms with E-state index in [1.54, 1.807) is 12.1 Å². The highest BCUT2D eigenvalue weighted by Gasteiger charge is 2.43.